The first-order valence-corrected chi connectivity index (χ1v) is 10.3. The van der Waals surface area contributed by atoms with Gasteiger partial charge in [0.15, 0.2) is 0 Å². The SMILES string of the molecule is CCn1c(=O)n(CC(=O)N(C)Cc2ccccc2N2CCCC2)c2ccccc21. The molecule has 4 rings (SSSR count). The summed E-state index contributed by atoms with van der Waals surface area (Å²) in [6.07, 6.45) is 2.43. The third-order valence-electron chi connectivity index (χ3n) is 5.81. The topological polar surface area (TPSA) is 50.5 Å². The number of nitrogens with zero attached hydrogens (tertiary/aromatic N) is 4. The molecule has 1 fully saturated rings. The molecular weight excluding hydrogens is 364 g/mol. The fourth-order valence-electron chi connectivity index (χ4n) is 4.24. The van der Waals surface area contributed by atoms with E-state index in [-0.39, 0.29) is 18.1 Å². The minimum absolute atomic E-state index is 0.0503. The number of fused-ring (bicyclic) bond motifs is 1. The number of aromatic nitrogens is 2. The molecule has 0 radical (unpaired) electrons. The van der Waals surface area contributed by atoms with Crippen molar-refractivity contribution in [2.45, 2.75) is 39.4 Å². The molecule has 0 atom stereocenters. The van der Waals surface area contributed by atoms with Gasteiger partial charge in [0, 0.05) is 38.9 Å². The van der Waals surface area contributed by atoms with Gasteiger partial charge in [-0.1, -0.05) is 30.3 Å². The highest BCUT2D eigenvalue weighted by molar-refractivity contribution is 5.81. The van der Waals surface area contributed by atoms with Crippen LogP contribution in [-0.4, -0.2) is 40.1 Å². The van der Waals surface area contributed by atoms with E-state index in [4.69, 9.17) is 0 Å². The number of para-hydroxylation sites is 3. The molecule has 1 amide bonds. The molecule has 0 N–H and O–H groups in total. The fourth-order valence-corrected chi connectivity index (χ4v) is 4.24. The van der Waals surface area contributed by atoms with Gasteiger partial charge in [0.2, 0.25) is 5.91 Å². The summed E-state index contributed by atoms with van der Waals surface area (Å²) in [6.45, 7) is 5.25. The van der Waals surface area contributed by atoms with Crippen LogP contribution >= 0.6 is 0 Å². The maximum atomic E-state index is 13.0. The van der Waals surface area contributed by atoms with E-state index < -0.39 is 0 Å². The highest BCUT2D eigenvalue weighted by Crippen LogP contribution is 2.25. The molecule has 1 aliphatic rings. The summed E-state index contributed by atoms with van der Waals surface area (Å²) < 4.78 is 3.30. The van der Waals surface area contributed by atoms with Crippen LogP contribution in [0.2, 0.25) is 0 Å². The zero-order valence-corrected chi connectivity index (χ0v) is 17.2. The molecule has 0 aliphatic carbocycles. The monoisotopic (exact) mass is 392 g/mol. The molecule has 0 unspecified atom stereocenters. The summed E-state index contributed by atoms with van der Waals surface area (Å²) in [7, 11) is 1.81. The van der Waals surface area contributed by atoms with E-state index in [1.807, 2.05) is 44.3 Å². The first-order chi connectivity index (χ1) is 14.1. The van der Waals surface area contributed by atoms with Crippen molar-refractivity contribution >= 4 is 22.6 Å². The summed E-state index contributed by atoms with van der Waals surface area (Å²) in [5, 5.41) is 0. The van der Waals surface area contributed by atoms with Crippen molar-refractivity contribution in [3.63, 3.8) is 0 Å². The van der Waals surface area contributed by atoms with Crippen LogP contribution in [0.4, 0.5) is 5.69 Å². The van der Waals surface area contributed by atoms with Crippen molar-refractivity contribution in [3.8, 4) is 0 Å². The molecule has 1 aromatic heterocycles. The maximum absolute atomic E-state index is 13.0. The zero-order valence-electron chi connectivity index (χ0n) is 17.2. The number of aryl methyl sites for hydroxylation is 1. The van der Waals surface area contributed by atoms with Crippen molar-refractivity contribution < 1.29 is 4.79 Å². The maximum Gasteiger partial charge on any atom is 0.329 e. The Bertz CT molecular complexity index is 1080. The highest BCUT2D eigenvalue weighted by Gasteiger charge is 2.20. The van der Waals surface area contributed by atoms with Gasteiger partial charge in [-0.05, 0) is 43.5 Å². The Balaban J connectivity index is 1.55. The number of carbonyl (C=O) groups excluding carboxylic acids is 1. The fraction of sp³-hybridized carbons (Fsp3) is 0.391. The van der Waals surface area contributed by atoms with Crippen molar-refractivity contribution in [2.75, 3.05) is 25.0 Å². The lowest BCUT2D eigenvalue weighted by Crippen LogP contribution is -2.34. The first-order valence-electron chi connectivity index (χ1n) is 10.3. The van der Waals surface area contributed by atoms with Crippen molar-refractivity contribution in [3.05, 3.63) is 64.6 Å². The van der Waals surface area contributed by atoms with Crippen LogP contribution < -0.4 is 10.6 Å². The summed E-state index contributed by atoms with van der Waals surface area (Å²) in [5.74, 6) is -0.0673. The molecule has 0 spiro atoms. The molecule has 0 saturated carbocycles. The number of amides is 1. The summed E-state index contributed by atoms with van der Waals surface area (Å²) >= 11 is 0. The van der Waals surface area contributed by atoms with Crippen LogP contribution in [0.15, 0.2) is 53.3 Å². The number of benzene rings is 2. The number of anilines is 1. The van der Waals surface area contributed by atoms with E-state index in [2.05, 4.69) is 23.1 Å². The minimum Gasteiger partial charge on any atom is -0.371 e. The molecule has 1 aliphatic heterocycles. The van der Waals surface area contributed by atoms with Gasteiger partial charge in [0.1, 0.15) is 6.54 Å². The molecule has 0 bridgehead atoms. The highest BCUT2D eigenvalue weighted by atomic mass is 16.2. The second-order valence-electron chi connectivity index (χ2n) is 7.67. The molecule has 29 heavy (non-hydrogen) atoms. The third-order valence-corrected chi connectivity index (χ3v) is 5.81. The number of hydrogen-bond donors (Lipinski definition) is 0. The predicted octanol–water partition coefficient (Wildman–Crippen LogP) is 3.08. The Morgan fingerprint density at radius 3 is 2.28 bits per heavy atom. The van der Waals surface area contributed by atoms with Gasteiger partial charge >= 0.3 is 5.69 Å². The number of likely N-dealkylation sites (N-methyl/N-ethyl adjacent to an activating group) is 1. The summed E-state index contributed by atoms with van der Waals surface area (Å²) in [5.41, 5.74) is 3.90. The van der Waals surface area contributed by atoms with Gasteiger partial charge in [-0.3, -0.25) is 13.9 Å². The first kappa shape index (κ1) is 19.3. The average Bonchev–Trinajstić information content (AvgIpc) is 3.35. The van der Waals surface area contributed by atoms with Crippen LogP contribution in [0.1, 0.15) is 25.3 Å². The van der Waals surface area contributed by atoms with Gasteiger partial charge in [-0.25, -0.2) is 4.79 Å². The Kier molecular flexibility index (Phi) is 5.43. The Labute approximate surface area is 171 Å². The van der Waals surface area contributed by atoms with E-state index in [0.29, 0.717) is 13.1 Å². The van der Waals surface area contributed by atoms with Gasteiger partial charge in [0.25, 0.3) is 0 Å². The molecular formula is C23H28N4O2. The Morgan fingerprint density at radius 2 is 1.59 bits per heavy atom. The number of carbonyl (C=O) groups is 1. The van der Waals surface area contributed by atoms with Crippen LogP contribution in [0.5, 0.6) is 0 Å². The van der Waals surface area contributed by atoms with Gasteiger partial charge in [0.05, 0.1) is 11.0 Å². The standard InChI is InChI=1S/C23H28N4O2/c1-3-26-20-12-6-7-13-21(20)27(23(26)29)17-22(28)24(2)16-18-10-4-5-11-19(18)25-14-8-9-15-25/h4-7,10-13H,3,8-9,14-17H2,1-2H3. The lowest BCUT2D eigenvalue weighted by molar-refractivity contribution is -0.131. The van der Waals surface area contributed by atoms with Gasteiger partial charge in [-0.15, -0.1) is 0 Å². The zero-order chi connectivity index (χ0) is 20.4. The van der Waals surface area contributed by atoms with Crippen molar-refractivity contribution in [1.82, 2.24) is 14.0 Å². The smallest absolute Gasteiger partial charge is 0.329 e. The van der Waals surface area contributed by atoms with Crippen molar-refractivity contribution in [2.24, 2.45) is 0 Å². The van der Waals surface area contributed by atoms with Crippen LogP contribution in [-0.2, 0) is 24.4 Å². The predicted molar refractivity (Wildman–Crippen MR) is 116 cm³/mol. The van der Waals surface area contributed by atoms with Gasteiger partial charge < -0.3 is 9.80 Å². The quantitative estimate of drug-likeness (QED) is 0.648. The third kappa shape index (κ3) is 3.67. The normalized spacial score (nSPS) is 13.9. The van der Waals surface area contributed by atoms with E-state index >= 15 is 0 Å². The van der Waals surface area contributed by atoms with Gasteiger partial charge in [-0.2, -0.15) is 0 Å². The summed E-state index contributed by atoms with van der Waals surface area (Å²) in [4.78, 5) is 29.9. The number of imidazole rings is 1. The largest absolute Gasteiger partial charge is 0.371 e. The second kappa shape index (κ2) is 8.15. The molecule has 6 nitrogen and oxygen atoms in total. The molecule has 2 aromatic carbocycles. The van der Waals surface area contributed by atoms with E-state index in [0.717, 1.165) is 29.7 Å². The summed E-state index contributed by atoms with van der Waals surface area (Å²) in [6, 6.07) is 16.0. The van der Waals surface area contributed by atoms with E-state index in [9.17, 15) is 9.59 Å². The number of hydrogen-bond acceptors (Lipinski definition) is 3. The van der Waals surface area contributed by atoms with E-state index in [1.54, 1.807) is 14.0 Å². The Morgan fingerprint density at radius 1 is 0.966 bits per heavy atom. The minimum atomic E-state index is -0.132. The van der Waals surface area contributed by atoms with Crippen LogP contribution in [0.3, 0.4) is 0 Å². The molecule has 152 valence electrons. The van der Waals surface area contributed by atoms with E-state index in [1.165, 1.54) is 18.5 Å². The average molecular weight is 393 g/mol. The number of rotatable bonds is 6. The Hall–Kier alpha value is -3.02. The molecule has 3 aromatic rings. The van der Waals surface area contributed by atoms with Crippen LogP contribution in [0, 0.1) is 0 Å². The van der Waals surface area contributed by atoms with Crippen LogP contribution in [0.25, 0.3) is 11.0 Å². The van der Waals surface area contributed by atoms with Crippen molar-refractivity contribution in [1.29, 1.82) is 0 Å². The molecule has 6 heteroatoms. The lowest BCUT2D eigenvalue weighted by atomic mass is 10.1. The molecule has 2 heterocycles. The molecule has 1 saturated heterocycles. The second-order valence-corrected chi connectivity index (χ2v) is 7.67. The lowest BCUT2D eigenvalue weighted by Gasteiger charge is -2.24.